The Bertz CT molecular complexity index is 709. The van der Waals surface area contributed by atoms with Gasteiger partial charge in [0.25, 0.3) is 0 Å². The van der Waals surface area contributed by atoms with Gasteiger partial charge >= 0.3 is 6.18 Å². The van der Waals surface area contributed by atoms with Crippen LogP contribution in [0.1, 0.15) is 21.5 Å². The molecule has 1 nitrogen and oxygen atoms in total. The first-order chi connectivity index (χ1) is 9.71. The van der Waals surface area contributed by atoms with Crippen molar-refractivity contribution >= 4 is 21.7 Å². The maximum absolute atomic E-state index is 13.4. The van der Waals surface area contributed by atoms with E-state index in [1.165, 1.54) is 12.1 Å². The molecule has 0 fully saturated rings. The molecule has 0 bridgehead atoms. The number of halogens is 6. The fraction of sp³-hybridized carbons (Fsp3) is 0.0714. The van der Waals surface area contributed by atoms with Crippen LogP contribution >= 0.6 is 15.9 Å². The van der Waals surface area contributed by atoms with E-state index in [0.29, 0.717) is 12.1 Å². The van der Waals surface area contributed by atoms with E-state index in [2.05, 4.69) is 15.9 Å². The molecule has 0 spiro atoms. The minimum Gasteiger partial charge on any atom is -0.289 e. The smallest absolute Gasteiger partial charge is 0.289 e. The van der Waals surface area contributed by atoms with Crippen LogP contribution in [0.4, 0.5) is 22.0 Å². The molecule has 0 radical (unpaired) electrons. The molecule has 0 N–H and O–H groups in total. The van der Waals surface area contributed by atoms with Crippen molar-refractivity contribution in [2.24, 2.45) is 0 Å². The van der Waals surface area contributed by atoms with E-state index in [0.717, 1.165) is 12.1 Å². The fourth-order valence-corrected chi connectivity index (χ4v) is 2.17. The third-order valence-electron chi connectivity index (χ3n) is 2.73. The Morgan fingerprint density at radius 1 is 1.00 bits per heavy atom. The highest BCUT2D eigenvalue weighted by atomic mass is 79.9. The quantitative estimate of drug-likeness (QED) is 0.542. The average Bonchev–Trinajstić information content (AvgIpc) is 2.39. The second-order valence-electron chi connectivity index (χ2n) is 4.12. The van der Waals surface area contributed by atoms with Crippen LogP contribution in [0.2, 0.25) is 0 Å². The first-order valence-corrected chi connectivity index (χ1v) is 6.36. The Kier molecular flexibility index (Phi) is 4.13. The Balaban J connectivity index is 2.46. The largest absolute Gasteiger partial charge is 0.419 e. The molecule has 0 saturated carbocycles. The molecule has 7 heteroatoms. The lowest BCUT2D eigenvalue weighted by Crippen LogP contribution is -2.10. The molecule has 0 aliphatic heterocycles. The van der Waals surface area contributed by atoms with Gasteiger partial charge in [-0.1, -0.05) is 12.1 Å². The van der Waals surface area contributed by atoms with Gasteiger partial charge in [0.05, 0.1) is 10.0 Å². The molecule has 2 rings (SSSR count). The molecule has 110 valence electrons. The summed E-state index contributed by atoms with van der Waals surface area (Å²) < 4.78 is 64.0. The highest BCUT2D eigenvalue weighted by Crippen LogP contribution is 2.32. The number of ketones is 1. The number of alkyl halides is 3. The van der Waals surface area contributed by atoms with Crippen molar-refractivity contribution in [3.63, 3.8) is 0 Å². The van der Waals surface area contributed by atoms with Crippen molar-refractivity contribution in [2.45, 2.75) is 6.18 Å². The molecule has 0 amide bonds. The summed E-state index contributed by atoms with van der Waals surface area (Å²) >= 11 is 2.87. The van der Waals surface area contributed by atoms with Gasteiger partial charge in [0, 0.05) is 11.1 Å². The maximum Gasteiger partial charge on any atom is 0.419 e. The molecule has 0 atom stereocenters. The average molecular weight is 365 g/mol. The van der Waals surface area contributed by atoms with E-state index in [-0.39, 0.29) is 15.6 Å². The summed E-state index contributed by atoms with van der Waals surface area (Å²) in [5.41, 5.74) is -1.86. The van der Waals surface area contributed by atoms with Crippen molar-refractivity contribution in [3.05, 3.63) is 69.2 Å². The third kappa shape index (κ3) is 3.12. The first-order valence-electron chi connectivity index (χ1n) is 5.57. The van der Waals surface area contributed by atoms with Gasteiger partial charge < -0.3 is 0 Å². The van der Waals surface area contributed by atoms with Gasteiger partial charge in [0.1, 0.15) is 11.6 Å². The fourth-order valence-electron chi connectivity index (χ4n) is 1.72. The van der Waals surface area contributed by atoms with E-state index in [1.54, 1.807) is 0 Å². The molecule has 0 saturated heterocycles. The summed E-state index contributed by atoms with van der Waals surface area (Å²) in [5, 5.41) is 0. The van der Waals surface area contributed by atoms with Gasteiger partial charge in [-0.3, -0.25) is 4.79 Å². The summed E-state index contributed by atoms with van der Waals surface area (Å²) in [6.45, 7) is 0. The molecule has 0 aromatic heterocycles. The summed E-state index contributed by atoms with van der Waals surface area (Å²) in [7, 11) is 0. The highest BCUT2D eigenvalue weighted by molar-refractivity contribution is 9.10. The Labute approximate surface area is 124 Å². The number of benzene rings is 2. The van der Waals surface area contributed by atoms with Crippen LogP contribution in [-0.2, 0) is 6.18 Å². The minimum absolute atomic E-state index is 0.103. The van der Waals surface area contributed by atoms with Crippen LogP contribution in [-0.4, -0.2) is 5.78 Å². The lowest BCUT2D eigenvalue weighted by Gasteiger charge is -2.09. The summed E-state index contributed by atoms with van der Waals surface area (Å²) in [6.07, 6.45) is -4.84. The molecular weight excluding hydrogens is 359 g/mol. The number of rotatable bonds is 2. The minimum atomic E-state index is -4.84. The number of hydrogen-bond acceptors (Lipinski definition) is 1. The van der Waals surface area contributed by atoms with Crippen LogP contribution in [0.3, 0.4) is 0 Å². The molecule has 0 unspecified atom stereocenters. The Morgan fingerprint density at radius 3 is 2.24 bits per heavy atom. The van der Waals surface area contributed by atoms with Crippen molar-refractivity contribution in [1.29, 1.82) is 0 Å². The summed E-state index contributed by atoms with van der Waals surface area (Å²) in [5.74, 6) is -3.04. The van der Waals surface area contributed by atoms with Gasteiger partial charge in [-0.25, -0.2) is 8.78 Å². The van der Waals surface area contributed by atoms with E-state index in [9.17, 15) is 26.7 Å². The third-order valence-corrected chi connectivity index (χ3v) is 3.54. The molecular formula is C14H6BrF5O. The Hall–Kier alpha value is -1.76. The predicted molar refractivity (Wildman–Crippen MR) is 68.9 cm³/mol. The summed E-state index contributed by atoms with van der Waals surface area (Å²) in [4.78, 5) is 12.1. The molecule has 21 heavy (non-hydrogen) atoms. The summed E-state index contributed by atoms with van der Waals surface area (Å²) in [6, 6.07) is 5.48. The van der Waals surface area contributed by atoms with Crippen molar-refractivity contribution in [3.8, 4) is 0 Å². The van der Waals surface area contributed by atoms with Gasteiger partial charge in [0.15, 0.2) is 5.78 Å². The van der Waals surface area contributed by atoms with Crippen molar-refractivity contribution < 1.29 is 26.7 Å². The zero-order valence-electron chi connectivity index (χ0n) is 10.1. The lowest BCUT2D eigenvalue weighted by atomic mass is 10.0. The lowest BCUT2D eigenvalue weighted by molar-refractivity contribution is -0.140. The first kappa shape index (κ1) is 15.6. The standard InChI is InChI=1S/C14H6BrF5O/c15-12-8(2-1-3-10(12)16)13(21)7-4-5-9(11(17)6-7)14(18,19)20/h1-6H. The van der Waals surface area contributed by atoms with Crippen LogP contribution in [0.5, 0.6) is 0 Å². The van der Waals surface area contributed by atoms with Crippen LogP contribution in [0, 0.1) is 11.6 Å². The number of hydrogen-bond donors (Lipinski definition) is 0. The second-order valence-corrected chi connectivity index (χ2v) is 4.92. The van der Waals surface area contributed by atoms with Gasteiger partial charge in [-0.05, 0) is 40.2 Å². The second kappa shape index (κ2) is 5.55. The zero-order valence-corrected chi connectivity index (χ0v) is 11.7. The highest BCUT2D eigenvalue weighted by Gasteiger charge is 2.34. The molecule has 0 heterocycles. The Morgan fingerprint density at radius 2 is 1.67 bits per heavy atom. The van der Waals surface area contributed by atoms with E-state index >= 15 is 0 Å². The van der Waals surface area contributed by atoms with E-state index in [1.807, 2.05) is 0 Å². The zero-order chi connectivity index (χ0) is 15.8. The number of carbonyl (C=O) groups excluding carboxylic acids is 1. The van der Waals surface area contributed by atoms with Crippen LogP contribution < -0.4 is 0 Å². The maximum atomic E-state index is 13.4. The van der Waals surface area contributed by atoms with Crippen molar-refractivity contribution in [2.75, 3.05) is 0 Å². The molecule has 0 aliphatic carbocycles. The molecule has 2 aromatic carbocycles. The predicted octanol–water partition coefficient (Wildman–Crippen LogP) is 4.98. The topological polar surface area (TPSA) is 17.1 Å². The van der Waals surface area contributed by atoms with E-state index in [4.69, 9.17) is 0 Å². The normalized spacial score (nSPS) is 11.5. The van der Waals surface area contributed by atoms with Gasteiger partial charge in [-0.15, -0.1) is 0 Å². The van der Waals surface area contributed by atoms with Gasteiger partial charge in [-0.2, -0.15) is 13.2 Å². The monoisotopic (exact) mass is 364 g/mol. The molecule has 0 aliphatic rings. The van der Waals surface area contributed by atoms with Crippen LogP contribution in [0.15, 0.2) is 40.9 Å². The van der Waals surface area contributed by atoms with Gasteiger partial charge in [0.2, 0.25) is 0 Å². The van der Waals surface area contributed by atoms with E-state index < -0.39 is 29.2 Å². The number of carbonyl (C=O) groups is 1. The SMILES string of the molecule is O=C(c1ccc(C(F)(F)F)c(F)c1)c1cccc(F)c1Br. The van der Waals surface area contributed by atoms with Crippen LogP contribution in [0.25, 0.3) is 0 Å². The molecule has 2 aromatic rings. The van der Waals surface area contributed by atoms with Crippen molar-refractivity contribution in [1.82, 2.24) is 0 Å².